The first kappa shape index (κ1) is 17.6. The molecule has 0 aliphatic rings. The second-order valence-electron chi connectivity index (χ2n) is 5.45. The molecule has 25 heavy (non-hydrogen) atoms. The number of pyridine rings is 1. The van der Waals surface area contributed by atoms with E-state index in [4.69, 9.17) is 9.05 Å². The zero-order chi connectivity index (χ0) is 17.9. The first-order valence-electron chi connectivity index (χ1n) is 8.20. The molecule has 0 unspecified atom stereocenters. The number of benzene rings is 2. The Labute approximate surface area is 146 Å². The maximum absolute atomic E-state index is 12.8. The molecule has 3 aromatic rings. The Balaban J connectivity index is 2.11. The number of H-pyrrole nitrogens is 1. The third kappa shape index (κ3) is 3.45. The molecule has 1 N–H and O–H groups in total. The van der Waals surface area contributed by atoms with Crippen LogP contribution in [0.1, 0.15) is 13.8 Å². The molecule has 0 aliphatic carbocycles. The van der Waals surface area contributed by atoms with Crippen LogP contribution in [-0.2, 0) is 13.6 Å². The molecule has 0 atom stereocenters. The predicted octanol–water partition coefficient (Wildman–Crippen LogP) is 4.09. The van der Waals surface area contributed by atoms with Gasteiger partial charge in [0, 0.05) is 11.3 Å². The van der Waals surface area contributed by atoms with Crippen LogP contribution in [0.25, 0.3) is 22.0 Å². The number of rotatable bonds is 6. The Hall–Kier alpha value is -2.20. The maximum Gasteiger partial charge on any atom is 0.366 e. The number of hydrogen-bond donors (Lipinski definition) is 1. The molecule has 3 rings (SSSR count). The van der Waals surface area contributed by atoms with Crippen molar-refractivity contribution < 1.29 is 13.6 Å². The largest absolute Gasteiger partial charge is 0.366 e. The molecule has 0 saturated carbocycles. The lowest BCUT2D eigenvalue weighted by atomic mass is 10.0. The van der Waals surface area contributed by atoms with Crippen LogP contribution in [0.5, 0.6) is 0 Å². The maximum atomic E-state index is 12.8. The van der Waals surface area contributed by atoms with E-state index in [0.29, 0.717) is 5.69 Å². The molecule has 2 aromatic carbocycles. The topological polar surface area (TPSA) is 68.4 Å². The van der Waals surface area contributed by atoms with E-state index in [1.807, 2.05) is 42.5 Å². The Morgan fingerprint density at radius 1 is 0.920 bits per heavy atom. The van der Waals surface area contributed by atoms with Crippen molar-refractivity contribution in [2.75, 3.05) is 13.2 Å². The SMILES string of the molecule is CCOP(=O)(OCC)c1ccc(-c2cccc3ccccc23)[nH]c1=O. The first-order chi connectivity index (χ1) is 12.1. The van der Waals surface area contributed by atoms with E-state index in [0.717, 1.165) is 16.3 Å². The summed E-state index contributed by atoms with van der Waals surface area (Å²) in [6.45, 7) is 3.82. The lowest BCUT2D eigenvalue weighted by molar-refractivity contribution is 0.229. The third-order valence-electron chi connectivity index (χ3n) is 3.86. The molecule has 1 aromatic heterocycles. The van der Waals surface area contributed by atoms with Gasteiger partial charge in [-0.15, -0.1) is 0 Å². The van der Waals surface area contributed by atoms with Gasteiger partial charge in [-0.3, -0.25) is 9.36 Å². The van der Waals surface area contributed by atoms with Crippen LogP contribution in [0.4, 0.5) is 0 Å². The molecule has 0 radical (unpaired) electrons. The van der Waals surface area contributed by atoms with Crippen LogP contribution in [0, 0.1) is 0 Å². The van der Waals surface area contributed by atoms with Crippen LogP contribution in [0.3, 0.4) is 0 Å². The van der Waals surface area contributed by atoms with Crippen molar-refractivity contribution in [3.63, 3.8) is 0 Å². The Morgan fingerprint density at radius 2 is 1.60 bits per heavy atom. The molecule has 5 nitrogen and oxygen atoms in total. The summed E-state index contributed by atoms with van der Waals surface area (Å²) >= 11 is 0. The van der Waals surface area contributed by atoms with E-state index in [2.05, 4.69) is 4.98 Å². The van der Waals surface area contributed by atoms with Gasteiger partial charge < -0.3 is 14.0 Å². The fourth-order valence-electron chi connectivity index (χ4n) is 2.82. The smallest absolute Gasteiger partial charge is 0.321 e. The summed E-state index contributed by atoms with van der Waals surface area (Å²) < 4.78 is 23.4. The third-order valence-corrected chi connectivity index (χ3v) is 6.00. The molecule has 130 valence electrons. The summed E-state index contributed by atoms with van der Waals surface area (Å²) in [5, 5.41) is 2.14. The van der Waals surface area contributed by atoms with Gasteiger partial charge in [-0.25, -0.2) is 0 Å². The van der Waals surface area contributed by atoms with E-state index in [9.17, 15) is 9.36 Å². The van der Waals surface area contributed by atoms with Crippen molar-refractivity contribution in [2.24, 2.45) is 0 Å². The highest BCUT2D eigenvalue weighted by molar-refractivity contribution is 7.62. The van der Waals surface area contributed by atoms with Crippen LogP contribution >= 0.6 is 7.60 Å². The minimum atomic E-state index is -3.61. The molecular formula is C19H20NO4P. The van der Waals surface area contributed by atoms with Crippen LogP contribution in [0.15, 0.2) is 59.4 Å². The lowest BCUT2D eigenvalue weighted by Gasteiger charge is -2.16. The van der Waals surface area contributed by atoms with Gasteiger partial charge in [-0.05, 0) is 36.8 Å². The van der Waals surface area contributed by atoms with E-state index < -0.39 is 13.2 Å². The first-order valence-corrected chi connectivity index (χ1v) is 9.74. The van der Waals surface area contributed by atoms with Gasteiger partial charge in [-0.1, -0.05) is 42.5 Å². The van der Waals surface area contributed by atoms with Crippen LogP contribution < -0.4 is 10.9 Å². The van der Waals surface area contributed by atoms with Gasteiger partial charge in [0.15, 0.2) is 0 Å². The second-order valence-corrected chi connectivity index (χ2v) is 7.44. The van der Waals surface area contributed by atoms with Crippen molar-refractivity contribution in [1.82, 2.24) is 4.98 Å². The fourth-order valence-corrected chi connectivity index (χ4v) is 4.41. The standard InChI is InChI=1S/C19H20NO4P/c1-3-23-25(22,24-4-2)18-13-12-17(20-19(18)21)16-11-7-9-14-8-5-6-10-15(14)16/h5-13H,3-4H2,1-2H3,(H,20,21). The van der Waals surface area contributed by atoms with Crippen molar-refractivity contribution in [3.05, 3.63) is 65.0 Å². The van der Waals surface area contributed by atoms with Gasteiger partial charge in [-0.2, -0.15) is 0 Å². The minimum absolute atomic E-state index is 0.0280. The van der Waals surface area contributed by atoms with Gasteiger partial charge in [0.1, 0.15) is 5.30 Å². The molecule has 0 bridgehead atoms. The highest BCUT2D eigenvalue weighted by Crippen LogP contribution is 2.45. The molecule has 0 fully saturated rings. The average Bonchev–Trinajstić information content (AvgIpc) is 2.61. The lowest BCUT2D eigenvalue weighted by Crippen LogP contribution is -2.29. The highest BCUT2D eigenvalue weighted by atomic mass is 31.2. The number of aromatic amines is 1. The summed E-state index contributed by atoms with van der Waals surface area (Å²) in [4.78, 5) is 15.4. The number of aromatic nitrogens is 1. The number of fused-ring (bicyclic) bond motifs is 1. The molecule has 0 amide bonds. The van der Waals surface area contributed by atoms with Crippen molar-refractivity contribution in [2.45, 2.75) is 13.8 Å². The van der Waals surface area contributed by atoms with Crippen LogP contribution in [-0.4, -0.2) is 18.2 Å². The minimum Gasteiger partial charge on any atom is -0.321 e. The van der Waals surface area contributed by atoms with Gasteiger partial charge in [0.2, 0.25) is 0 Å². The fraction of sp³-hybridized carbons (Fsp3) is 0.211. The van der Waals surface area contributed by atoms with Crippen molar-refractivity contribution >= 4 is 23.7 Å². The van der Waals surface area contributed by atoms with Gasteiger partial charge in [0.05, 0.1) is 13.2 Å². The Bertz CT molecular complexity index is 981. The van der Waals surface area contributed by atoms with Gasteiger partial charge >= 0.3 is 7.60 Å². The van der Waals surface area contributed by atoms with Crippen molar-refractivity contribution in [3.8, 4) is 11.3 Å². The predicted molar refractivity (Wildman–Crippen MR) is 100 cm³/mol. The normalized spacial score (nSPS) is 11.8. The molecule has 1 heterocycles. The summed E-state index contributed by atoms with van der Waals surface area (Å²) in [5.41, 5.74) is 1.10. The van der Waals surface area contributed by atoms with Gasteiger partial charge in [0.25, 0.3) is 5.56 Å². The summed E-state index contributed by atoms with van der Waals surface area (Å²) in [6.07, 6.45) is 0. The Kier molecular flexibility index (Phi) is 5.19. The van der Waals surface area contributed by atoms with E-state index >= 15 is 0 Å². The quantitative estimate of drug-likeness (QED) is 0.675. The van der Waals surface area contributed by atoms with Crippen molar-refractivity contribution in [1.29, 1.82) is 0 Å². The Morgan fingerprint density at radius 3 is 2.28 bits per heavy atom. The number of hydrogen-bond acceptors (Lipinski definition) is 4. The summed E-state index contributed by atoms with van der Waals surface area (Å²) in [7, 11) is -3.61. The zero-order valence-electron chi connectivity index (χ0n) is 14.2. The molecule has 6 heteroatoms. The zero-order valence-corrected chi connectivity index (χ0v) is 15.1. The highest BCUT2D eigenvalue weighted by Gasteiger charge is 2.30. The second kappa shape index (κ2) is 7.36. The summed E-state index contributed by atoms with van der Waals surface area (Å²) in [5.74, 6) is 0. The molecular weight excluding hydrogens is 337 g/mol. The average molecular weight is 357 g/mol. The van der Waals surface area contributed by atoms with E-state index in [1.165, 1.54) is 6.07 Å². The molecule has 0 saturated heterocycles. The van der Waals surface area contributed by atoms with E-state index in [-0.39, 0.29) is 18.5 Å². The molecule has 0 aliphatic heterocycles. The van der Waals surface area contributed by atoms with E-state index in [1.54, 1.807) is 19.9 Å². The van der Waals surface area contributed by atoms with Crippen LogP contribution in [0.2, 0.25) is 0 Å². The molecule has 0 spiro atoms. The monoisotopic (exact) mass is 357 g/mol. The summed E-state index contributed by atoms with van der Waals surface area (Å²) in [6, 6.07) is 17.1. The number of nitrogens with one attached hydrogen (secondary N) is 1.